The summed E-state index contributed by atoms with van der Waals surface area (Å²) >= 11 is 6.01. The van der Waals surface area contributed by atoms with E-state index in [-0.39, 0.29) is 0 Å². The molecule has 0 saturated heterocycles. The summed E-state index contributed by atoms with van der Waals surface area (Å²) in [6, 6.07) is 5.80. The van der Waals surface area contributed by atoms with Gasteiger partial charge < -0.3 is 10.4 Å². The third-order valence-electron chi connectivity index (χ3n) is 1.84. The quantitative estimate of drug-likeness (QED) is 0.810. The Morgan fingerprint density at radius 3 is 2.57 bits per heavy atom. The van der Waals surface area contributed by atoms with E-state index in [1.807, 2.05) is 25.1 Å². The molecule has 0 aromatic heterocycles. The van der Waals surface area contributed by atoms with Crippen molar-refractivity contribution >= 4 is 17.3 Å². The highest BCUT2D eigenvalue weighted by atomic mass is 35.5. The van der Waals surface area contributed by atoms with Crippen LogP contribution in [0.1, 0.15) is 19.4 Å². The molecule has 0 unspecified atom stereocenters. The van der Waals surface area contributed by atoms with Crippen LogP contribution in [-0.2, 0) is 0 Å². The van der Waals surface area contributed by atoms with Gasteiger partial charge in [0, 0.05) is 6.54 Å². The third kappa shape index (κ3) is 3.56. The molecule has 0 aliphatic rings. The van der Waals surface area contributed by atoms with E-state index in [0.29, 0.717) is 11.6 Å². The first-order chi connectivity index (χ1) is 6.38. The van der Waals surface area contributed by atoms with E-state index in [1.165, 1.54) is 0 Å². The lowest BCUT2D eigenvalue weighted by Crippen LogP contribution is -2.29. The summed E-state index contributed by atoms with van der Waals surface area (Å²) in [7, 11) is 0. The molecule has 14 heavy (non-hydrogen) atoms. The van der Waals surface area contributed by atoms with Crippen LogP contribution in [0.5, 0.6) is 0 Å². The van der Waals surface area contributed by atoms with Crippen molar-refractivity contribution in [2.75, 3.05) is 11.9 Å². The van der Waals surface area contributed by atoms with Gasteiger partial charge in [-0.05, 0) is 38.5 Å². The van der Waals surface area contributed by atoms with Crippen LogP contribution in [0.2, 0.25) is 5.02 Å². The minimum atomic E-state index is -0.728. The monoisotopic (exact) mass is 213 g/mol. The normalized spacial score (nSPS) is 11.5. The van der Waals surface area contributed by atoms with Crippen molar-refractivity contribution in [3.63, 3.8) is 0 Å². The second-order valence-electron chi connectivity index (χ2n) is 4.15. The van der Waals surface area contributed by atoms with Gasteiger partial charge in [-0.1, -0.05) is 17.7 Å². The minimum Gasteiger partial charge on any atom is -0.389 e. The van der Waals surface area contributed by atoms with Crippen molar-refractivity contribution < 1.29 is 5.11 Å². The predicted octanol–water partition coefficient (Wildman–Crippen LogP) is 2.83. The van der Waals surface area contributed by atoms with Gasteiger partial charge in [-0.3, -0.25) is 0 Å². The van der Waals surface area contributed by atoms with E-state index in [9.17, 15) is 5.11 Å². The van der Waals surface area contributed by atoms with Crippen molar-refractivity contribution in [2.45, 2.75) is 26.4 Å². The number of halogens is 1. The Balaban J connectivity index is 2.68. The molecule has 0 heterocycles. The number of benzene rings is 1. The van der Waals surface area contributed by atoms with Crippen LogP contribution < -0.4 is 5.32 Å². The maximum absolute atomic E-state index is 9.52. The number of nitrogens with one attached hydrogen (secondary N) is 1. The highest BCUT2D eigenvalue weighted by Crippen LogP contribution is 2.23. The van der Waals surface area contributed by atoms with E-state index in [0.717, 1.165) is 11.3 Å². The predicted molar refractivity (Wildman–Crippen MR) is 61.0 cm³/mol. The molecule has 1 aromatic carbocycles. The molecule has 0 atom stereocenters. The first-order valence-corrected chi connectivity index (χ1v) is 4.99. The summed E-state index contributed by atoms with van der Waals surface area (Å²) in [5.41, 5.74) is 1.26. The van der Waals surface area contributed by atoms with Crippen molar-refractivity contribution in [3.8, 4) is 0 Å². The van der Waals surface area contributed by atoms with Gasteiger partial charge in [-0.2, -0.15) is 0 Å². The van der Waals surface area contributed by atoms with E-state index in [4.69, 9.17) is 11.6 Å². The molecule has 1 rings (SSSR count). The van der Waals surface area contributed by atoms with Gasteiger partial charge in [0.2, 0.25) is 0 Å². The Kier molecular flexibility index (Phi) is 3.40. The summed E-state index contributed by atoms with van der Waals surface area (Å²) in [6.07, 6.45) is 0. The molecule has 3 heteroatoms. The molecular weight excluding hydrogens is 198 g/mol. The molecule has 2 N–H and O–H groups in total. The van der Waals surface area contributed by atoms with Crippen molar-refractivity contribution in [2.24, 2.45) is 0 Å². The molecule has 0 bridgehead atoms. The molecule has 0 aliphatic heterocycles. The molecule has 0 saturated carbocycles. The fourth-order valence-corrected chi connectivity index (χ4v) is 1.38. The zero-order valence-corrected chi connectivity index (χ0v) is 9.52. The topological polar surface area (TPSA) is 32.3 Å². The fourth-order valence-electron chi connectivity index (χ4n) is 1.08. The average Bonchev–Trinajstić information content (AvgIpc) is 2.00. The number of rotatable bonds is 3. The van der Waals surface area contributed by atoms with Crippen LogP contribution >= 0.6 is 11.6 Å². The number of aryl methyl sites for hydroxylation is 1. The number of hydrogen-bond donors (Lipinski definition) is 2. The zero-order chi connectivity index (χ0) is 10.8. The summed E-state index contributed by atoms with van der Waals surface area (Å²) in [5, 5.41) is 13.3. The Labute approximate surface area is 89.9 Å². The molecule has 0 amide bonds. The molecular formula is C11H16ClNO. The standard InChI is InChI=1S/C11H16ClNO/c1-8-4-5-10(9(12)6-8)13-7-11(2,3)14/h4-6,13-14H,7H2,1-3H3. The van der Waals surface area contributed by atoms with Crippen LogP contribution in [0.15, 0.2) is 18.2 Å². The average molecular weight is 214 g/mol. The van der Waals surface area contributed by atoms with Gasteiger partial charge in [0.05, 0.1) is 16.3 Å². The maximum atomic E-state index is 9.52. The van der Waals surface area contributed by atoms with Crippen molar-refractivity contribution in [1.29, 1.82) is 0 Å². The lowest BCUT2D eigenvalue weighted by Gasteiger charge is -2.19. The Hall–Kier alpha value is -0.730. The van der Waals surface area contributed by atoms with Gasteiger partial charge in [-0.15, -0.1) is 0 Å². The molecule has 2 nitrogen and oxygen atoms in total. The fraction of sp³-hybridized carbons (Fsp3) is 0.455. The second kappa shape index (κ2) is 4.20. The third-order valence-corrected chi connectivity index (χ3v) is 2.15. The summed E-state index contributed by atoms with van der Waals surface area (Å²) < 4.78 is 0. The van der Waals surface area contributed by atoms with Gasteiger partial charge in [0.1, 0.15) is 0 Å². The Morgan fingerprint density at radius 1 is 1.43 bits per heavy atom. The number of aliphatic hydroxyl groups is 1. The van der Waals surface area contributed by atoms with Crippen molar-refractivity contribution in [3.05, 3.63) is 28.8 Å². The van der Waals surface area contributed by atoms with E-state index >= 15 is 0 Å². The Morgan fingerprint density at radius 2 is 2.07 bits per heavy atom. The van der Waals surface area contributed by atoms with Gasteiger partial charge >= 0.3 is 0 Å². The summed E-state index contributed by atoms with van der Waals surface area (Å²) in [4.78, 5) is 0. The van der Waals surface area contributed by atoms with Gasteiger partial charge in [-0.25, -0.2) is 0 Å². The van der Waals surface area contributed by atoms with Crippen LogP contribution in [0.4, 0.5) is 5.69 Å². The molecule has 0 aliphatic carbocycles. The lowest BCUT2D eigenvalue weighted by molar-refractivity contribution is 0.0945. The first kappa shape index (κ1) is 11.3. The first-order valence-electron chi connectivity index (χ1n) is 4.61. The number of hydrogen-bond acceptors (Lipinski definition) is 2. The van der Waals surface area contributed by atoms with Gasteiger partial charge in [0.15, 0.2) is 0 Å². The van der Waals surface area contributed by atoms with Crippen molar-refractivity contribution in [1.82, 2.24) is 0 Å². The second-order valence-corrected chi connectivity index (χ2v) is 4.56. The summed E-state index contributed by atoms with van der Waals surface area (Å²) in [5.74, 6) is 0. The Bertz CT molecular complexity index is 318. The molecule has 0 fully saturated rings. The minimum absolute atomic E-state index is 0.482. The number of anilines is 1. The van der Waals surface area contributed by atoms with Crippen LogP contribution in [-0.4, -0.2) is 17.3 Å². The lowest BCUT2D eigenvalue weighted by atomic mass is 10.1. The van der Waals surface area contributed by atoms with Crippen LogP contribution in [0.25, 0.3) is 0 Å². The molecule has 0 spiro atoms. The van der Waals surface area contributed by atoms with E-state index in [2.05, 4.69) is 5.32 Å². The smallest absolute Gasteiger partial charge is 0.0763 e. The SMILES string of the molecule is Cc1ccc(NCC(C)(C)O)c(Cl)c1. The maximum Gasteiger partial charge on any atom is 0.0763 e. The van der Waals surface area contributed by atoms with Gasteiger partial charge in [0.25, 0.3) is 0 Å². The summed E-state index contributed by atoms with van der Waals surface area (Å²) in [6.45, 7) is 5.98. The molecule has 78 valence electrons. The highest BCUT2D eigenvalue weighted by molar-refractivity contribution is 6.33. The molecule has 0 radical (unpaired) electrons. The van der Waals surface area contributed by atoms with Crippen LogP contribution in [0.3, 0.4) is 0 Å². The van der Waals surface area contributed by atoms with E-state index < -0.39 is 5.60 Å². The largest absolute Gasteiger partial charge is 0.389 e. The van der Waals surface area contributed by atoms with E-state index in [1.54, 1.807) is 13.8 Å². The highest BCUT2D eigenvalue weighted by Gasteiger charge is 2.12. The zero-order valence-electron chi connectivity index (χ0n) is 8.76. The van der Waals surface area contributed by atoms with Crippen LogP contribution in [0, 0.1) is 6.92 Å². The molecule has 1 aromatic rings.